The molecule has 0 aliphatic heterocycles. The molecule has 0 aromatic rings. The average Bonchev–Trinajstić information content (AvgIpc) is 3.20. The van der Waals surface area contributed by atoms with Gasteiger partial charge < -0.3 is 121 Å². The highest BCUT2D eigenvalue weighted by Crippen LogP contribution is 2.63. The standard InChI is InChI=1S/C27H61O40P9/c1-15(14-60-17-18(61-69(28,29)30)22(65-73(40,41)42)24(67-75(46,47)48)23(66-74(43,44)45)19(17)62-70(31,32)33)56-12-13-57-16-20(63-71(34,35)36)25(58-10-8-54-6-4-52-2)27(68-76(49,50)51)26(21(16)64-72(37,38)39)59-11-9-55-7-5-53-3/h15-27,68H,4-14H2,1-3H3,(H2,28,29,30)(H2,31,32,33)(H2,34,35,36)(H2,37,38,39)(H2,40,41,42)(H2,43,44,45)(H2,46,47,48)(H2,49,50,51)/t15-,16-,17-,18+,19-,20+,21-,22-,23+,24+,25-,26+,27+/m0/s1. The molecule has 2 aliphatic carbocycles. The van der Waals surface area contributed by atoms with Gasteiger partial charge in [0.15, 0.2) is 0 Å². The quantitative estimate of drug-likeness (QED) is 0.0213. The van der Waals surface area contributed by atoms with E-state index < -0.39 is 182 Å². The third-order valence-corrected chi connectivity index (χ3v) is 16.2. The zero-order chi connectivity index (χ0) is 58.3. The molecule has 40 nitrogen and oxygen atoms in total. The average molecular weight is 1300 g/mol. The number of methoxy groups -OCH3 is 2. The van der Waals surface area contributed by atoms with Crippen molar-refractivity contribution in [1.82, 2.24) is 0 Å². The van der Waals surface area contributed by atoms with Gasteiger partial charge in [0.05, 0.1) is 91.0 Å². The van der Waals surface area contributed by atoms with Crippen LogP contribution >= 0.6 is 70.3 Å². The van der Waals surface area contributed by atoms with Crippen LogP contribution in [0.2, 0.25) is 0 Å². The SMILES string of the molecule is COCCOCCO[C@@H]1[C@@H](OP(=O)(O)O)[C@@H](OCCO[C@@H](C)CO[C@H]2[C@@H](OP(=O)(O)O)[C@H](OP(=O)(O)O)[C@@H](OP(=O)(O)O)[C@H](OP(=O)(O)O)[C@H]2OP(=O)(O)O)[C@@H](OP(=O)(O)O)[C@H](OCCOCCOC)[C@H]1PP(=O)(O)O. The summed E-state index contributed by atoms with van der Waals surface area (Å²) in [6.07, 6.45) is -30.3. The molecule has 2 saturated carbocycles. The Morgan fingerprint density at radius 3 is 0.882 bits per heavy atom. The summed E-state index contributed by atoms with van der Waals surface area (Å²) in [5.74, 6) is 0. The Bertz CT molecular complexity index is 2010. The van der Waals surface area contributed by atoms with E-state index in [9.17, 15) is 115 Å². The summed E-state index contributed by atoms with van der Waals surface area (Å²) in [6, 6.07) is 0. The lowest BCUT2D eigenvalue weighted by Crippen LogP contribution is -2.66. The van der Waals surface area contributed by atoms with Gasteiger partial charge in [-0.1, -0.05) is 0 Å². The molecule has 0 radical (unpaired) electrons. The lowest BCUT2D eigenvalue weighted by atomic mass is 9.85. The molecule has 2 rings (SSSR count). The van der Waals surface area contributed by atoms with E-state index in [-0.39, 0.29) is 39.6 Å². The van der Waals surface area contributed by atoms with Crippen molar-refractivity contribution in [2.75, 3.05) is 86.9 Å². The van der Waals surface area contributed by atoms with Gasteiger partial charge >= 0.3 is 62.0 Å². The molecule has 0 heterocycles. The summed E-state index contributed by atoms with van der Waals surface area (Å²) in [7, 11) is -46.3. The van der Waals surface area contributed by atoms with Crippen molar-refractivity contribution >= 4 is 70.3 Å². The van der Waals surface area contributed by atoms with E-state index in [0.717, 1.165) is 6.92 Å². The molecule has 14 atom stereocenters. The molecule has 2 fully saturated rings. The van der Waals surface area contributed by atoms with E-state index in [2.05, 4.69) is 22.6 Å². The minimum Gasteiger partial charge on any atom is -0.382 e. The van der Waals surface area contributed by atoms with Crippen LogP contribution in [-0.2, 0) is 111 Å². The fraction of sp³-hybridized carbons (Fsp3) is 1.00. The van der Waals surface area contributed by atoms with Crippen molar-refractivity contribution in [2.45, 2.75) is 85.8 Å². The molecule has 0 saturated heterocycles. The fourth-order valence-electron chi connectivity index (χ4n) is 7.05. The summed E-state index contributed by atoms with van der Waals surface area (Å²) >= 11 is 0. The minimum atomic E-state index is -6.13. The maximum absolute atomic E-state index is 12.6. The van der Waals surface area contributed by atoms with Crippen LogP contribution in [0.25, 0.3) is 0 Å². The van der Waals surface area contributed by atoms with Gasteiger partial charge in [0, 0.05) is 28.1 Å². The van der Waals surface area contributed by atoms with E-state index in [1.54, 1.807) is 0 Å². The van der Waals surface area contributed by atoms with Gasteiger partial charge in [-0.3, -0.25) is 36.2 Å². The first-order chi connectivity index (χ1) is 34.5. The van der Waals surface area contributed by atoms with E-state index >= 15 is 0 Å². The molecule has 2 aliphatic rings. The van der Waals surface area contributed by atoms with Crippen molar-refractivity contribution in [3.8, 4) is 0 Å². The molecule has 76 heavy (non-hydrogen) atoms. The van der Waals surface area contributed by atoms with Crippen molar-refractivity contribution in [1.29, 1.82) is 0 Å². The van der Waals surface area contributed by atoms with Crippen molar-refractivity contribution in [3.05, 3.63) is 0 Å². The van der Waals surface area contributed by atoms with Crippen LogP contribution in [0.15, 0.2) is 0 Å². The van der Waals surface area contributed by atoms with E-state index in [4.69, 9.17) is 51.7 Å². The van der Waals surface area contributed by atoms with Gasteiger partial charge in [-0.2, -0.15) is 0 Å². The highest BCUT2D eigenvalue weighted by atomic mass is 32.1. The first-order valence-corrected chi connectivity index (χ1v) is 35.0. The summed E-state index contributed by atoms with van der Waals surface area (Å²) in [5, 5.41) is 0. The number of rotatable bonds is 38. The van der Waals surface area contributed by atoms with Gasteiger partial charge in [-0.15, -0.1) is 0 Å². The molecule has 0 aromatic carbocycles. The van der Waals surface area contributed by atoms with Gasteiger partial charge in [0.2, 0.25) is 0 Å². The molecule has 454 valence electrons. The van der Waals surface area contributed by atoms with Gasteiger partial charge in [-0.25, -0.2) is 32.0 Å². The summed E-state index contributed by atoms with van der Waals surface area (Å²) in [4.78, 5) is 158. The number of hydrogen-bond acceptors (Lipinski definition) is 24. The predicted molar refractivity (Wildman–Crippen MR) is 242 cm³/mol. The molecular formula is C27H61O40P9. The van der Waals surface area contributed by atoms with Crippen LogP contribution in [0.1, 0.15) is 6.92 Å². The molecule has 0 amide bonds. The molecule has 0 spiro atoms. The maximum atomic E-state index is 12.6. The van der Waals surface area contributed by atoms with Crippen LogP contribution in [0.3, 0.4) is 0 Å². The molecule has 0 bridgehead atoms. The Balaban J connectivity index is 2.68. The Morgan fingerprint density at radius 1 is 0.342 bits per heavy atom. The predicted octanol–water partition coefficient (Wildman–Crippen LogP) is -3.23. The van der Waals surface area contributed by atoms with Crippen LogP contribution in [0.4, 0.5) is 0 Å². The summed E-state index contributed by atoms with van der Waals surface area (Å²) < 4.78 is 180. The van der Waals surface area contributed by atoms with E-state index in [0.29, 0.717) is 0 Å². The van der Waals surface area contributed by atoms with Crippen LogP contribution in [0.5, 0.6) is 0 Å². The number of ether oxygens (including phenoxy) is 9. The van der Waals surface area contributed by atoms with Gasteiger partial charge in [0.25, 0.3) is 0 Å². The van der Waals surface area contributed by atoms with Crippen molar-refractivity contribution in [3.63, 3.8) is 0 Å². The third kappa shape index (κ3) is 30.0. The van der Waals surface area contributed by atoms with E-state index in [1.807, 2.05) is 0 Å². The van der Waals surface area contributed by atoms with Crippen molar-refractivity contribution < 1.29 is 189 Å². The normalized spacial score (nSPS) is 28.4. The smallest absolute Gasteiger partial charge is 0.382 e. The summed E-state index contributed by atoms with van der Waals surface area (Å²) in [5.41, 5.74) is -1.80. The zero-order valence-corrected chi connectivity index (χ0v) is 47.5. The first kappa shape index (κ1) is 73.1. The monoisotopic (exact) mass is 1300 g/mol. The highest BCUT2D eigenvalue weighted by Gasteiger charge is 2.62. The lowest BCUT2D eigenvalue weighted by molar-refractivity contribution is -0.225. The first-order valence-electron chi connectivity index (χ1n) is 20.8. The zero-order valence-electron chi connectivity index (χ0n) is 39.3. The molecule has 1 unspecified atom stereocenters. The maximum Gasteiger partial charge on any atom is 0.470 e. The fourth-order valence-corrected chi connectivity index (χ4v) is 14.2. The molecular weight excluding hydrogens is 1240 g/mol. The Kier molecular flexibility index (Phi) is 30.5. The largest absolute Gasteiger partial charge is 0.470 e. The molecule has 16 N–H and O–H groups in total. The van der Waals surface area contributed by atoms with Crippen LogP contribution in [0, 0.1) is 0 Å². The Labute approximate surface area is 431 Å². The summed E-state index contributed by atoms with van der Waals surface area (Å²) in [6.45, 7) is -3.24. The van der Waals surface area contributed by atoms with E-state index in [1.165, 1.54) is 14.2 Å². The third-order valence-electron chi connectivity index (χ3n) is 9.34. The minimum absolute atomic E-state index is 0.0150. The number of phosphoric ester groups is 7. The topological polar surface area (TPSA) is 608 Å². The van der Waals surface area contributed by atoms with Crippen molar-refractivity contribution in [2.24, 2.45) is 0 Å². The number of phosphoric acid groups is 7. The second kappa shape index (κ2) is 31.8. The molecule has 49 heteroatoms. The van der Waals surface area contributed by atoms with Gasteiger partial charge in [-0.05, 0) is 6.92 Å². The highest BCUT2D eigenvalue weighted by molar-refractivity contribution is 8.19. The second-order valence-electron chi connectivity index (χ2n) is 15.3. The Morgan fingerprint density at radius 2 is 0.592 bits per heavy atom. The van der Waals surface area contributed by atoms with Crippen LogP contribution in [-0.4, -0.2) is 244 Å². The number of hydrogen-bond donors (Lipinski definition) is 16. The van der Waals surface area contributed by atoms with Gasteiger partial charge in [0.1, 0.15) is 54.9 Å². The van der Waals surface area contributed by atoms with Crippen LogP contribution < -0.4 is 0 Å². The second-order valence-corrected chi connectivity index (χ2v) is 28.2. The lowest BCUT2D eigenvalue weighted by Gasteiger charge is -2.49. The Hall–Kier alpha value is 0.990. The molecule has 0 aromatic heterocycles.